The summed E-state index contributed by atoms with van der Waals surface area (Å²) >= 11 is 0. The van der Waals surface area contributed by atoms with Gasteiger partial charge in [0.05, 0.1) is 5.69 Å². The molecule has 1 amide bonds. The lowest BCUT2D eigenvalue weighted by molar-refractivity contribution is 0.0631. The average molecular weight is 239 g/mol. The van der Waals surface area contributed by atoms with Crippen LogP contribution in [0.5, 0.6) is 0 Å². The molecule has 1 aromatic rings. The van der Waals surface area contributed by atoms with Gasteiger partial charge in [0.1, 0.15) is 11.4 Å². The van der Waals surface area contributed by atoms with Crippen molar-refractivity contribution in [3.8, 4) is 0 Å². The normalized spacial score (nSPS) is 15.2. The summed E-state index contributed by atoms with van der Waals surface area (Å²) in [5.41, 5.74) is 0.319. The fraction of sp³-hybridized carbons (Fsp3) is 0.636. The third-order valence-electron chi connectivity index (χ3n) is 2.21. The average Bonchev–Trinajstić information content (AvgIpc) is 2.55. The third kappa shape index (κ3) is 3.20. The SMILES string of the molecule is CC(C)(C)OC(=O)Nc1nc2c(o1)CCNC2. The van der Waals surface area contributed by atoms with Gasteiger partial charge >= 0.3 is 12.1 Å². The van der Waals surface area contributed by atoms with Gasteiger partial charge in [-0.3, -0.25) is 0 Å². The molecule has 2 N–H and O–H groups in total. The van der Waals surface area contributed by atoms with E-state index in [0.717, 1.165) is 24.4 Å². The quantitative estimate of drug-likeness (QED) is 0.779. The number of nitrogens with zero attached hydrogens (tertiary/aromatic N) is 1. The van der Waals surface area contributed by atoms with E-state index >= 15 is 0 Å². The predicted molar refractivity (Wildman–Crippen MR) is 61.8 cm³/mol. The van der Waals surface area contributed by atoms with Crippen LogP contribution in [0.3, 0.4) is 0 Å². The molecule has 1 aliphatic heterocycles. The van der Waals surface area contributed by atoms with E-state index in [2.05, 4.69) is 15.6 Å². The molecule has 17 heavy (non-hydrogen) atoms. The van der Waals surface area contributed by atoms with Crippen LogP contribution in [0.2, 0.25) is 0 Å². The van der Waals surface area contributed by atoms with Crippen LogP contribution in [0.15, 0.2) is 4.42 Å². The van der Waals surface area contributed by atoms with Crippen molar-refractivity contribution in [2.75, 3.05) is 11.9 Å². The Balaban J connectivity index is 1.99. The van der Waals surface area contributed by atoms with Crippen molar-refractivity contribution in [3.05, 3.63) is 11.5 Å². The number of amides is 1. The summed E-state index contributed by atoms with van der Waals surface area (Å²) in [6.45, 7) is 6.95. The molecule has 2 heterocycles. The van der Waals surface area contributed by atoms with Gasteiger partial charge < -0.3 is 14.5 Å². The number of anilines is 1. The number of nitrogens with one attached hydrogen (secondary N) is 2. The highest BCUT2D eigenvalue weighted by molar-refractivity contribution is 5.82. The van der Waals surface area contributed by atoms with Crippen LogP contribution in [0.4, 0.5) is 10.8 Å². The molecule has 0 atom stereocenters. The number of hydrogen-bond acceptors (Lipinski definition) is 5. The Morgan fingerprint density at radius 3 is 2.94 bits per heavy atom. The van der Waals surface area contributed by atoms with Crippen molar-refractivity contribution >= 4 is 12.1 Å². The molecule has 0 aliphatic carbocycles. The Morgan fingerprint density at radius 1 is 1.53 bits per heavy atom. The van der Waals surface area contributed by atoms with Crippen LogP contribution in [-0.2, 0) is 17.7 Å². The summed E-state index contributed by atoms with van der Waals surface area (Å²) in [7, 11) is 0. The van der Waals surface area contributed by atoms with Crippen LogP contribution in [0.1, 0.15) is 32.2 Å². The van der Waals surface area contributed by atoms with Gasteiger partial charge in [-0.25, -0.2) is 10.1 Å². The Kier molecular flexibility index (Phi) is 3.06. The second-order valence-electron chi connectivity index (χ2n) is 4.94. The maximum atomic E-state index is 11.5. The Morgan fingerprint density at radius 2 is 2.29 bits per heavy atom. The maximum absolute atomic E-state index is 11.5. The van der Waals surface area contributed by atoms with Crippen LogP contribution < -0.4 is 10.6 Å². The first-order chi connectivity index (χ1) is 7.94. The second kappa shape index (κ2) is 4.37. The van der Waals surface area contributed by atoms with Gasteiger partial charge in [-0.2, -0.15) is 4.98 Å². The fourth-order valence-electron chi connectivity index (χ4n) is 1.57. The number of aromatic nitrogens is 1. The minimum Gasteiger partial charge on any atom is -0.443 e. The van der Waals surface area contributed by atoms with Crippen molar-refractivity contribution in [1.82, 2.24) is 10.3 Å². The number of hydrogen-bond donors (Lipinski definition) is 2. The number of carbonyl (C=O) groups excluding carboxylic acids is 1. The summed E-state index contributed by atoms with van der Waals surface area (Å²) < 4.78 is 10.5. The fourth-order valence-corrected chi connectivity index (χ4v) is 1.57. The number of rotatable bonds is 1. The molecule has 0 aromatic carbocycles. The topological polar surface area (TPSA) is 76.4 Å². The molecule has 0 saturated heterocycles. The molecule has 2 rings (SSSR count). The van der Waals surface area contributed by atoms with Crippen molar-refractivity contribution in [2.45, 2.75) is 39.3 Å². The molecule has 0 fully saturated rings. The van der Waals surface area contributed by atoms with E-state index in [1.165, 1.54) is 0 Å². The van der Waals surface area contributed by atoms with E-state index in [-0.39, 0.29) is 6.01 Å². The van der Waals surface area contributed by atoms with Gasteiger partial charge in [-0.05, 0) is 20.8 Å². The Labute approximate surface area is 99.7 Å². The van der Waals surface area contributed by atoms with Crippen molar-refractivity contribution in [1.29, 1.82) is 0 Å². The maximum Gasteiger partial charge on any atom is 0.415 e. The van der Waals surface area contributed by atoms with Gasteiger partial charge in [0.15, 0.2) is 0 Å². The highest BCUT2D eigenvalue weighted by atomic mass is 16.6. The highest BCUT2D eigenvalue weighted by Gasteiger charge is 2.20. The summed E-state index contributed by atoms with van der Waals surface area (Å²) in [6.07, 6.45) is 0.238. The number of oxazole rings is 1. The summed E-state index contributed by atoms with van der Waals surface area (Å²) in [5.74, 6) is 0.829. The zero-order valence-electron chi connectivity index (χ0n) is 10.3. The van der Waals surface area contributed by atoms with E-state index in [9.17, 15) is 4.79 Å². The molecule has 6 heteroatoms. The zero-order valence-corrected chi connectivity index (χ0v) is 10.3. The van der Waals surface area contributed by atoms with E-state index in [1.807, 2.05) is 0 Å². The predicted octanol–water partition coefficient (Wildman–Crippen LogP) is 1.67. The van der Waals surface area contributed by atoms with Crippen LogP contribution in [0.25, 0.3) is 0 Å². The van der Waals surface area contributed by atoms with Gasteiger partial charge in [0.2, 0.25) is 0 Å². The molecule has 1 aromatic heterocycles. The molecule has 0 spiro atoms. The molecule has 0 bridgehead atoms. The number of fused-ring (bicyclic) bond motifs is 1. The minimum atomic E-state index is -0.552. The van der Waals surface area contributed by atoms with E-state index < -0.39 is 11.7 Å². The first-order valence-electron chi connectivity index (χ1n) is 5.63. The van der Waals surface area contributed by atoms with Gasteiger partial charge in [0.25, 0.3) is 0 Å². The van der Waals surface area contributed by atoms with E-state index in [1.54, 1.807) is 20.8 Å². The summed E-state index contributed by atoms with van der Waals surface area (Å²) in [6, 6.07) is 0.202. The molecule has 6 nitrogen and oxygen atoms in total. The van der Waals surface area contributed by atoms with E-state index in [4.69, 9.17) is 9.15 Å². The second-order valence-corrected chi connectivity index (χ2v) is 4.94. The van der Waals surface area contributed by atoms with Gasteiger partial charge in [0, 0.05) is 19.5 Å². The monoisotopic (exact) mass is 239 g/mol. The summed E-state index contributed by atoms with van der Waals surface area (Å²) in [4.78, 5) is 15.7. The number of carbonyl (C=O) groups is 1. The van der Waals surface area contributed by atoms with Crippen molar-refractivity contribution in [2.24, 2.45) is 0 Å². The molecule has 94 valence electrons. The molecule has 0 radical (unpaired) electrons. The molecule has 1 aliphatic rings. The zero-order chi connectivity index (χ0) is 12.5. The first-order valence-corrected chi connectivity index (χ1v) is 5.63. The highest BCUT2D eigenvalue weighted by Crippen LogP contribution is 2.19. The lowest BCUT2D eigenvalue weighted by Crippen LogP contribution is -2.27. The molecular formula is C11H17N3O3. The van der Waals surface area contributed by atoms with Crippen molar-refractivity contribution < 1.29 is 13.9 Å². The summed E-state index contributed by atoms with van der Waals surface area (Å²) in [5, 5.41) is 5.67. The smallest absolute Gasteiger partial charge is 0.415 e. The lowest BCUT2D eigenvalue weighted by Gasteiger charge is -2.18. The van der Waals surface area contributed by atoms with Gasteiger partial charge in [-0.1, -0.05) is 0 Å². The van der Waals surface area contributed by atoms with Crippen molar-refractivity contribution in [3.63, 3.8) is 0 Å². The van der Waals surface area contributed by atoms with Crippen LogP contribution in [-0.4, -0.2) is 23.2 Å². The molecule has 0 saturated carbocycles. The number of ether oxygens (including phenoxy) is 1. The van der Waals surface area contributed by atoms with Crippen LogP contribution >= 0.6 is 0 Å². The molecule has 0 unspecified atom stereocenters. The van der Waals surface area contributed by atoms with E-state index in [0.29, 0.717) is 6.54 Å². The molecular weight excluding hydrogens is 222 g/mol. The van der Waals surface area contributed by atoms with Gasteiger partial charge in [-0.15, -0.1) is 0 Å². The lowest BCUT2D eigenvalue weighted by atomic mass is 10.2. The Hall–Kier alpha value is -1.56. The first kappa shape index (κ1) is 11.9. The largest absolute Gasteiger partial charge is 0.443 e. The Bertz CT molecular complexity index is 397. The standard InChI is InChI=1S/C11H17N3O3/c1-11(2,3)17-10(15)14-9-13-7-6-12-5-4-8(7)16-9/h12H,4-6H2,1-3H3,(H,13,14,15). The van der Waals surface area contributed by atoms with Crippen LogP contribution in [0, 0.1) is 0 Å². The third-order valence-corrected chi connectivity index (χ3v) is 2.21. The minimum absolute atomic E-state index is 0.202.